The number of ether oxygens (including phenoxy) is 1. The molecule has 1 atom stereocenters. The Bertz CT molecular complexity index is 490. The first-order valence-electron chi connectivity index (χ1n) is 4.89. The molecule has 1 aliphatic rings. The average molecular weight is 255 g/mol. The van der Waals surface area contributed by atoms with E-state index in [1.165, 1.54) is 31.0 Å². The van der Waals surface area contributed by atoms with Crippen molar-refractivity contribution >= 4 is 22.8 Å². The van der Waals surface area contributed by atoms with Gasteiger partial charge in [-0.15, -0.1) is 11.8 Å². The molecule has 0 saturated heterocycles. The van der Waals surface area contributed by atoms with E-state index in [0.29, 0.717) is 16.4 Å². The van der Waals surface area contributed by atoms with Crippen LogP contribution in [0.25, 0.3) is 0 Å². The largest absolute Gasteiger partial charge is 0.494 e. The molecule has 6 heteroatoms. The molecular formula is C11H10FNO3S. The topological polar surface area (TPSA) is 58.9 Å². The number of nitrogens with zero attached hydrogens (tertiary/aromatic N) is 1. The molecule has 17 heavy (non-hydrogen) atoms. The van der Waals surface area contributed by atoms with Crippen LogP contribution in [0.3, 0.4) is 0 Å². The third-order valence-corrected chi connectivity index (χ3v) is 3.43. The summed E-state index contributed by atoms with van der Waals surface area (Å²) in [6.07, 6.45) is 0. The molecule has 0 aliphatic carbocycles. The van der Waals surface area contributed by atoms with E-state index in [4.69, 9.17) is 9.84 Å². The van der Waals surface area contributed by atoms with Gasteiger partial charge in [0.1, 0.15) is 0 Å². The van der Waals surface area contributed by atoms with Gasteiger partial charge < -0.3 is 9.84 Å². The monoisotopic (exact) mass is 255 g/mol. The van der Waals surface area contributed by atoms with Gasteiger partial charge in [0, 0.05) is 11.3 Å². The first-order chi connectivity index (χ1) is 8.11. The van der Waals surface area contributed by atoms with Crippen LogP contribution in [0.4, 0.5) is 4.39 Å². The molecule has 1 N–H and O–H groups in total. The molecular weight excluding hydrogens is 245 g/mol. The van der Waals surface area contributed by atoms with Crippen molar-refractivity contribution in [3.63, 3.8) is 0 Å². The minimum absolute atomic E-state index is 0.129. The average Bonchev–Trinajstić information content (AvgIpc) is 2.79. The first-order valence-corrected chi connectivity index (χ1v) is 5.87. The molecule has 0 aromatic heterocycles. The van der Waals surface area contributed by atoms with Crippen LogP contribution < -0.4 is 4.74 Å². The molecule has 0 radical (unpaired) electrons. The molecule has 0 bridgehead atoms. The lowest BCUT2D eigenvalue weighted by molar-refractivity contribution is -0.137. The molecule has 1 unspecified atom stereocenters. The minimum Gasteiger partial charge on any atom is -0.494 e. The lowest BCUT2D eigenvalue weighted by Gasteiger charge is -2.04. The third kappa shape index (κ3) is 2.41. The van der Waals surface area contributed by atoms with Crippen molar-refractivity contribution in [1.29, 1.82) is 0 Å². The summed E-state index contributed by atoms with van der Waals surface area (Å²) in [5.74, 6) is -0.856. The minimum atomic E-state index is -0.943. The Balaban J connectivity index is 2.30. The zero-order valence-electron chi connectivity index (χ0n) is 9.01. The van der Waals surface area contributed by atoms with E-state index >= 15 is 0 Å². The van der Waals surface area contributed by atoms with Crippen LogP contribution >= 0.6 is 11.8 Å². The van der Waals surface area contributed by atoms with Gasteiger partial charge >= 0.3 is 5.97 Å². The summed E-state index contributed by atoms with van der Waals surface area (Å²) >= 11 is 1.35. The molecule has 0 spiro atoms. The summed E-state index contributed by atoms with van der Waals surface area (Å²) in [5.41, 5.74) is 0.678. The van der Waals surface area contributed by atoms with Crippen molar-refractivity contribution in [3.8, 4) is 5.75 Å². The number of methoxy groups -OCH3 is 1. The lowest BCUT2D eigenvalue weighted by atomic mass is 10.2. The predicted molar refractivity (Wildman–Crippen MR) is 63.4 cm³/mol. The number of carboxylic acid groups (broad SMARTS) is 1. The second kappa shape index (κ2) is 4.75. The fourth-order valence-electron chi connectivity index (χ4n) is 1.45. The van der Waals surface area contributed by atoms with Crippen LogP contribution in [0, 0.1) is 5.82 Å². The van der Waals surface area contributed by atoms with E-state index in [0.717, 1.165) is 0 Å². The maximum Gasteiger partial charge on any atom is 0.329 e. The standard InChI is InChI=1S/C11H10FNO3S/c1-16-9-4-6(2-3-7(9)12)10-13-8(5-17-10)11(14)15/h2-4,8H,5H2,1H3,(H,14,15). The van der Waals surface area contributed by atoms with Crippen molar-refractivity contribution in [2.24, 2.45) is 4.99 Å². The number of hydrogen-bond acceptors (Lipinski definition) is 4. The summed E-state index contributed by atoms with van der Waals surface area (Å²) in [7, 11) is 1.38. The van der Waals surface area contributed by atoms with Crippen molar-refractivity contribution < 1.29 is 19.0 Å². The van der Waals surface area contributed by atoms with E-state index in [-0.39, 0.29) is 5.75 Å². The number of benzene rings is 1. The maximum absolute atomic E-state index is 13.2. The highest BCUT2D eigenvalue weighted by Crippen LogP contribution is 2.27. The van der Waals surface area contributed by atoms with Crippen molar-refractivity contribution in [1.82, 2.24) is 0 Å². The van der Waals surface area contributed by atoms with Crippen LogP contribution in [0.15, 0.2) is 23.2 Å². The first kappa shape index (κ1) is 11.9. The van der Waals surface area contributed by atoms with E-state index < -0.39 is 17.8 Å². The Morgan fingerprint density at radius 3 is 3.00 bits per heavy atom. The Morgan fingerprint density at radius 2 is 2.41 bits per heavy atom. The Labute approximate surface area is 102 Å². The normalized spacial score (nSPS) is 18.9. The number of carboxylic acids is 1. The molecule has 1 aromatic carbocycles. The van der Waals surface area contributed by atoms with E-state index in [1.54, 1.807) is 6.07 Å². The Morgan fingerprint density at radius 1 is 1.65 bits per heavy atom. The summed E-state index contributed by atoms with van der Waals surface area (Å²) in [4.78, 5) is 14.8. The predicted octanol–water partition coefficient (Wildman–Crippen LogP) is 1.78. The van der Waals surface area contributed by atoms with Crippen LogP contribution in [0.2, 0.25) is 0 Å². The summed E-state index contributed by atoms with van der Waals surface area (Å²) < 4.78 is 18.1. The number of aliphatic imine (C=N–C) groups is 1. The highest BCUT2D eigenvalue weighted by atomic mass is 32.2. The van der Waals surface area contributed by atoms with Crippen LogP contribution in [-0.4, -0.2) is 35.0 Å². The van der Waals surface area contributed by atoms with Gasteiger partial charge in [-0.3, -0.25) is 4.99 Å². The van der Waals surface area contributed by atoms with Crippen LogP contribution in [0.1, 0.15) is 5.56 Å². The van der Waals surface area contributed by atoms with Crippen LogP contribution in [0.5, 0.6) is 5.75 Å². The smallest absolute Gasteiger partial charge is 0.329 e. The molecule has 1 aliphatic heterocycles. The molecule has 2 rings (SSSR count). The van der Waals surface area contributed by atoms with Gasteiger partial charge in [0.2, 0.25) is 0 Å². The fourth-order valence-corrected chi connectivity index (χ4v) is 2.48. The number of aliphatic carboxylic acids is 1. The molecule has 0 amide bonds. The molecule has 0 saturated carbocycles. The lowest BCUT2D eigenvalue weighted by Crippen LogP contribution is -2.17. The van der Waals surface area contributed by atoms with Crippen LogP contribution in [-0.2, 0) is 4.79 Å². The second-order valence-corrected chi connectivity index (χ2v) is 4.46. The maximum atomic E-state index is 13.2. The molecule has 4 nitrogen and oxygen atoms in total. The molecule has 90 valence electrons. The number of thioether (sulfide) groups is 1. The SMILES string of the molecule is COc1cc(C2=NC(C(=O)O)CS2)ccc1F. The van der Waals surface area contributed by atoms with E-state index in [9.17, 15) is 9.18 Å². The number of carbonyl (C=O) groups is 1. The number of rotatable bonds is 3. The zero-order valence-corrected chi connectivity index (χ0v) is 9.83. The number of halogens is 1. The summed E-state index contributed by atoms with van der Waals surface area (Å²) in [5, 5.41) is 9.42. The van der Waals surface area contributed by atoms with Gasteiger partial charge in [0.05, 0.1) is 12.2 Å². The van der Waals surface area contributed by atoms with Gasteiger partial charge in [-0.25, -0.2) is 9.18 Å². The molecule has 1 heterocycles. The zero-order chi connectivity index (χ0) is 12.4. The fraction of sp³-hybridized carbons (Fsp3) is 0.273. The second-order valence-electron chi connectivity index (χ2n) is 3.45. The summed E-state index contributed by atoms with van der Waals surface area (Å²) in [6.45, 7) is 0. The van der Waals surface area contributed by atoms with Gasteiger partial charge in [0.15, 0.2) is 17.6 Å². The van der Waals surface area contributed by atoms with Gasteiger partial charge in [-0.05, 0) is 18.2 Å². The van der Waals surface area contributed by atoms with E-state index in [2.05, 4.69) is 4.99 Å². The van der Waals surface area contributed by atoms with Crippen molar-refractivity contribution in [2.75, 3.05) is 12.9 Å². The molecule has 1 aromatic rings. The van der Waals surface area contributed by atoms with Gasteiger partial charge in [0.25, 0.3) is 0 Å². The van der Waals surface area contributed by atoms with E-state index in [1.807, 2.05) is 0 Å². The third-order valence-electron chi connectivity index (χ3n) is 2.33. The number of hydrogen-bond donors (Lipinski definition) is 1. The Hall–Kier alpha value is -1.56. The quantitative estimate of drug-likeness (QED) is 0.894. The molecule has 0 fully saturated rings. The van der Waals surface area contributed by atoms with Crippen molar-refractivity contribution in [3.05, 3.63) is 29.6 Å². The highest BCUT2D eigenvalue weighted by molar-refractivity contribution is 8.14. The van der Waals surface area contributed by atoms with Crippen molar-refractivity contribution in [2.45, 2.75) is 6.04 Å². The Kier molecular flexibility index (Phi) is 3.33. The summed E-state index contributed by atoms with van der Waals surface area (Å²) in [6, 6.07) is 3.65. The van der Waals surface area contributed by atoms with Gasteiger partial charge in [-0.2, -0.15) is 0 Å². The van der Waals surface area contributed by atoms with Gasteiger partial charge in [-0.1, -0.05) is 0 Å². The highest BCUT2D eigenvalue weighted by Gasteiger charge is 2.25.